The van der Waals surface area contributed by atoms with E-state index in [1.807, 2.05) is 11.8 Å². The van der Waals surface area contributed by atoms with Crippen LogP contribution in [0.25, 0.3) is 0 Å². The lowest BCUT2D eigenvalue weighted by atomic mass is 10.3. The molecular formula is C12H25NO5. The van der Waals surface area contributed by atoms with Crippen LogP contribution < -0.4 is 0 Å². The predicted molar refractivity (Wildman–Crippen MR) is 67.4 cm³/mol. The minimum Gasteiger partial charge on any atom is -0.468 e. The van der Waals surface area contributed by atoms with E-state index in [2.05, 4.69) is 4.74 Å². The summed E-state index contributed by atoms with van der Waals surface area (Å²) in [6.07, 6.45) is 0.298. The molecule has 0 aromatic carbocycles. The summed E-state index contributed by atoms with van der Waals surface area (Å²) in [6.45, 7) is 4.56. The molecule has 0 amide bonds. The van der Waals surface area contributed by atoms with Crippen LogP contribution >= 0.6 is 0 Å². The fourth-order valence-corrected chi connectivity index (χ4v) is 1.51. The van der Waals surface area contributed by atoms with Gasteiger partial charge in [0.1, 0.15) is 0 Å². The van der Waals surface area contributed by atoms with Crippen LogP contribution in [0, 0.1) is 0 Å². The molecule has 108 valence electrons. The van der Waals surface area contributed by atoms with Crippen molar-refractivity contribution in [3.63, 3.8) is 0 Å². The van der Waals surface area contributed by atoms with Crippen molar-refractivity contribution in [1.29, 1.82) is 0 Å². The molecule has 0 aliphatic carbocycles. The molecule has 1 unspecified atom stereocenters. The van der Waals surface area contributed by atoms with Gasteiger partial charge in [-0.25, -0.2) is 0 Å². The number of ether oxygens (including phenoxy) is 3. The van der Waals surface area contributed by atoms with Crippen LogP contribution in [-0.4, -0.2) is 75.8 Å². The molecule has 18 heavy (non-hydrogen) atoms. The number of nitrogens with zero attached hydrogens (tertiary/aromatic N) is 1. The molecular weight excluding hydrogens is 238 g/mol. The standard InChI is InChI=1S/C12H25NO5/c1-4-5-13(9-12(15)17-3)8-11(14)10-18-7-6-16-2/h11,14H,4-10H2,1-3H3. The smallest absolute Gasteiger partial charge is 0.319 e. The van der Waals surface area contributed by atoms with E-state index in [9.17, 15) is 9.90 Å². The van der Waals surface area contributed by atoms with E-state index in [1.54, 1.807) is 7.11 Å². The monoisotopic (exact) mass is 263 g/mol. The second-order valence-corrected chi connectivity index (χ2v) is 4.03. The zero-order valence-electron chi connectivity index (χ0n) is 11.6. The van der Waals surface area contributed by atoms with Gasteiger partial charge in [0.25, 0.3) is 0 Å². The maximum atomic E-state index is 11.2. The lowest BCUT2D eigenvalue weighted by Gasteiger charge is -2.23. The molecule has 0 spiro atoms. The molecule has 0 saturated heterocycles. The summed E-state index contributed by atoms with van der Waals surface area (Å²) in [5.41, 5.74) is 0. The second-order valence-electron chi connectivity index (χ2n) is 4.03. The molecule has 6 heteroatoms. The Hall–Kier alpha value is -0.690. The van der Waals surface area contributed by atoms with Crippen molar-refractivity contribution in [2.75, 3.05) is 53.7 Å². The number of esters is 1. The fraction of sp³-hybridized carbons (Fsp3) is 0.917. The zero-order chi connectivity index (χ0) is 13.8. The molecule has 0 rings (SSSR count). The summed E-state index contributed by atoms with van der Waals surface area (Å²) >= 11 is 0. The summed E-state index contributed by atoms with van der Waals surface area (Å²) < 4.78 is 14.7. The molecule has 0 aliphatic rings. The Morgan fingerprint density at radius 3 is 2.61 bits per heavy atom. The highest BCUT2D eigenvalue weighted by molar-refractivity contribution is 5.71. The van der Waals surface area contributed by atoms with Crippen molar-refractivity contribution in [3.8, 4) is 0 Å². The largest absolute Gasteiger partial charge is 0.468 e. The molecule has 0 saturated carbocycles. The first kappa shape index (κ1) is 17.3. The highest BCUT2D eigenvalue weighted by Crippen LogP contribution is 1.97. The van der Waals surface area contributed by atoms with Crippen LogP contribution in [0.4, 0.5) is 0 Å². The molecule has 0 fully saturated rings. The van der Waals surface area contributed by atoms with E-state index in [4.69, 9.17) is 9.47 Å². The summed E-state index contributed by atoms with van der Waals surface area (Å²) in [5.74, 6) is -0.295. The Morgan fingerprint density at radius 2 is 2.06 bits per heavy atom. The van der Waals surface area contributed by atoms with Gasteiger partial charge >= 0.3 is 5.97 Å². The van der Waals surface area contributed by atoms with Crippen molar-refractivity contribution in [3.05, 3.63) is 0 Å². The normalized spacial score (nSPS) is 12.7. The summed E-state index contributed by atoms with van der Waals surface area (Å²) in [7, 11) is 2.95. The van der Waals surface area contributed by atoms with Gasteiger partial charge in [0.05, 0.1) is 39.6 Å². The number of rotatable bonds is 11. The van der Waals surface area contributed by atoms with Crippen LogP contribution in [0.5, 0.6) is 0 Å². The fourth-order valence-electron chi connectivity index (χ4n) is 1.51. The van der Waals surface area contributed by atoms with Crippen LogP contribution in [0.15, 0.2) is 0 Å². The first-order valence-electron chi connectivity index (χ1n) is 6.17. The number of hydrogen-bond donors (Lipinski definition) is 1. The third-order valence-electron chi connectivity index (χ3n) is 2.33. The average Bonchev–Trinajstić information content (AvgIpc) is 2.34. The first-order chi connectivity index (χ1) is 8.63. The van der Waals surface area contributed by atoms with Gasteiger partial charge < -0.3 is 19.3 Å². The van der Waals surface area contributed by atoms with Gasteiger partial charge in [0, 0.05) is 13.7 Å². The second kappa shape index (κ2) is 11.4. The van der Waals surface area contributed by atoms with Gasteiger partial charge in [-0.15, -0.1) is 0 Å². The van der Waals surface area contributed by atoms with Gasteiger partial charge in [-0.1, -0.05) is 6.92 Å². The summed E-state index contributed by atoms with van der Waals surface area (Å²) in [6, 6.07) is 0. The van der Waals surface area contributed by atoms with Crippen LogP contribution in [0.1, 0.15) is 13.3 Å². The average molecular weight is 263 g/mol. The maximum Gasteiger partial charge on any atom is 0.319 e. The van der Waals surface area contributed by atoms with Gasteiger partial charge in [-0.3, -0.25) is 9.69 Å². The minimum atomic E-state index is -0.613. The number of carbonyl (C=O) groups excluding carboxylic acids is 1. The van der Waals surface area contributed by atoms with E-state index in [0.29, 0.717) is 19.8 Å². The lowest BCUT2D eigenvalue weighted by Crippen LogP contribution is -2.39. The quantitative estimate of drug-likeness (QED) is 0.414. The number of methoxy groups -OCH3 is 2. The van der Waals surface area contributed by atoms with Crippen molar-refractivity contribution < 1.29 is 24.1 Å². The van der Waals surface area contributed by atoms with Crippen molar-refractivity contribution in [1.82, 2.24) is 4.90 Å². The highest BCUT2D eigenvalue weighted by Gasteiger charge is 2.14. The zero-order valence-corrected chi connectivity index (χ0v) is 11.6. The Kier molecular flexibility index (Phi) is 11.0. The molecule has 6 nitrogen and oxygen atoms in total. The first-order valence-corrected chi connectivity index (χ1v) is 6.17. The summed E-state index contributed by atoms with van der Waals surface area (Å²) in [4.78, 5) is 13.0. The van der Waals surface area contributed by atoms with Crippen molar-refractivity contribution >= 4 is 5.97 Å². The molecule has 0 aliphatic heterocycles. The Labute approximate surface area is 109 Å². The molecule has 0 bridgehead atoms. The predicted octanol–water partition coefficient (Wildman–Crippen LogP) is -0.105. The van der Waals surface area contributed by atoms with E-state index in [0.717, 1.165) is 13.0 Å². The molecule has 1 N–H and O–H groups in total. The van der Waals surface area contributed by atoms with Crippen molar-refractivity contribution in [2.24, 2.45) is 0 Å². The maximum absolute atomic E-state index is 11.2. The van der Waals surface area contributed by atoms with Crippen LogP contribution in [-0.2, 0) is 19.0 Å². The SMILES string of the molecule is CCCN(CC(=O)OC)CC(O)COCCOC. The van der Waals surface area contributed by atoms with E-state index in [-0.39, 0.29) is 19.1 Å². The molecule has 1 atom stereocenters. The van der Waals surface area contributed by atoms with E-state index < -0.39 is 6.10 Å². The third-order valence-corrected chi connectivity index (χ3v) is 2.33. The number of aliphatic hydroxyl groups excluding tert-OH is 1. The van der Waals surface area contributed by atoms with Crippen LogP contribution in [0.2, 0.25) is 0 Å². The molecule has 0 heterocycles. The van der Waals surface area contributed by atoms with Crippen molar-refractivity contribution in [2.45, 2.75) is 19.4 Å². The number of carbonyl (C=O) groups is 1. The van der Waals surface area contributed by atoms with Gasteiger partial charge in [-0.2, -0.15) is 0 Å². The molecule has 0 aromatic heterocycles. The van der Waals surface area contributed by atoms with Gasteiger partial charge in [0.15, 0.2) is 0 Å². The van der Waals surface area contributed by atoms with Gasteiger partial charge in [0.2, 0.25) is 0 Å². The van der Waals surface area contributed by atoms with E-state index >= 15 is 0 Å². The summed E-state index contributed by atoms with van der Waals surface area (Å²) in [5, 5.41) is 9.77. The Morgan fingerprint density at radius 1 is 1.33 bits per heavy atom. The third kappa shape index (κ3) is 9.35. The van der Waals surface area contributed by atoms with Gasteiger partial charge in [-0.05, 0) is 13.0 Å². The Bertz CT molecular complexity index is 213. The number of aliphatic hydroxyl groups is 1. The number of hydrogen-bond acceptors (Lipinski definition) is 6. The van der Waals surface area contributed by atoms with Crippen LogP contribution in [0.3, 0.4) is 0 Å². The minimum absolute atomic E-state index is 0.194. The highest BCUT2D eigenvalue weighted by atomic mass is 16.5. The van der Waals surface area contributed by atoms with E-state index in [1.165, 1.54) is 7.11 Å². The lowest BCUT2D eigenvalue weighted by molar-refractivity contribution is -0.142. The Balaban J connectivity index is 3.87. The topological polar surface area (TPSA) is 68.2 Å². The molecule has 0 aromatic rings. The molecule has 0 radical (unpaired) electrons.